The number of carboxylic acid groups (broad SMARTS) is 1. The first-order chi connectivity index (χ1) is 8.09. The van der Waals surface area contributed by atoms with Crippen molar-refractivity contribution < 1.29 is 14.3 Å². The molecule has 0 spiro atoms. The Balaban J connectivity index is 2.58. The molecule has 0 radical (unpaired) electrons. The van der Waals surface area contributed by atoms with E-state index < -0.39 is 11.8 Å². The molecule has 2 rings (SSSR count). The maximum Gasteiger partial charge on any atom is 0.356 e. The van der Waals surface area contributed by atoms with Crippen molar-refractivity contribution in [1.82, 2.24) is 4.98 Å². The quantitative estimate of drug-likeness (QED) is 0.891. The van der Waals surface area contributed by atoms with Gasteiger partial charge in [-0.1, -0.05) is 23.7 Å². The fraction of sp³-hybridized carbons (Fsp3) is 0. The fourth-order valence-electron chi connectivity index (χ4n) is 1.41. The average molecular weight is 252 g/mol. The van der Waals surface area contributed by atoms with Crippen molar-refractivity contribution in [2.75, 3.05) is 0 Å². The molecule has 1 aromatic heterocycles. The Kier molecular flexibility index (Phi) is 3.06. The van der Waals surface area contributed by atoms with Crippen LogP contribution >= 0.6 is 11.6 Å². The van der Waals surface area contributed by atoms with Gasteiger partial charge in [0.25, 0.3) is 0 Å². The number of hydrogen-bond acceptors (Lipinski definition) is 2. The predicted octanol–water partition coefficient (Wildman–Crippen LogP) is 3.24. The first kappa shape index (κ1) is 11.5. The number of rotatable bonds is 2. The standard InChI is InChI=1S/C12H7ClFNO2/c13-8-5-6-10(15-11(8)12(16)17)7-3-1-2-4-9(7)14/h1-6H,(H,16,17). The van der Waals surface area contributed by atoms with E-state index in [1.165, 1.54) is 24.3 Å². The molecule has 1 heterocycles. The second kappa shape index (κ2) is 4.51. The van der Waals surface area contributed by atoms with Crippen LogP contribution in [0.25, 0.3) is 11.3 Å². The average Bonchev–Trinajstić information content (AvgIpc) is 2.30. The summed E-state index contributed by atoms with van der Waals surface area (Å²) in [4.78, 5) is 14.7. The lowest BCUT2D eigenvalue weighted by Crippen LogP contribution is -2.02. The monoisotopic (exact) mass is 251 g/mol. The third-order valence-electron chi connectivity index (χ3n) is 2.20. The Morgan fingerprint density at radius 2 is 1.94 bits per heavy atom. The number of carboxylic acids is 1. The Hall–Kier alpha value is -1.94. The molecule has 1 aromatic carbocycles. The molecule has 0 fully saturated rings. The summed E-state index contributed by atoms with van der Waals surface area (Å²) in [6.45, 7) is 0. The highest BCUT2D eigenvalue weighted by molar-refractivity contribution is 6.33. The van der Waals surface area contributed by atoms with Crippen LogP contribution in [0.3, 0.4) is 0 Å². The molecule has 0 bridgehead atoms. The molecule has 0 saturated carbocycles. The van der Waals surface area contributed by atoms with Gasteiger partial charge < -0.3 is 5.11 Å². The molecule has 17 heavy (non-hydrogen) atoms. The largest absolute Gasteiger partial charge is 0.476 e. The third-order valence-corrected chi connectivity index (χ3v) is 2.50. The first-order valence-corrected chi connectivity index (χ1v) is 5.12. The predicted molar refractivity (Wildman–Crippen MR) is 61.6 cm³/mol. The number of halogens is 2. The molecule has 0 aliphatic rings. The lowest BCUT2D eigenvalue weighted by Gasteiger charge is -2.04. The van der Waals surface area contributed by atoms with E-state index in [1.807, 2.05) is 0 Å². The maximum atomic E-state index is 13.5. The van der Waals surface area contributed by atoms with Gasteiger partial charge in [0.1, 0.15) is 5.82 Å². The van der Waals surface area contributed by atoms with Gasteiger partial charge >= 0.3 is 5.97 Å². The van der Waals surface area contributed by atoms with Crippen LogP contribution in [0, 0.1) is 5.82 Å². The van der Waals surface area contributed by atoms with Crippen LogP contribution in [-0.2, 0) is 0 Å². The minimum absolute atomic E-state index is 0.0255. The molecule has 0 aliphatic heterocycles. The lowest BCUT2D eigenvalue weighted by atomic mass is 10.1. The molecular weight excluding hydrogens is 245 g/mol. The van der Waals surface area contributed by atoms with Gasteiger partial charge in [0, 0.05) is 5.56 Å². The molecule has 0 amide bonds. The Bertz CT molecular complexity index is 586. The Morgan fingerprint density at radius 1 is 1.24 bits per heavy atom. The minimum atomic E-state index is -1.24. The molecule has 0 unspecified atom stereocenters. The second-order valence-corrected chi connectivity index (χ2v) is 3.72. The molecule has 0 atom stereocenters. The van der Waals surface area contributed by atoms with Crippen molar-refractivity contribution in [3.05, 3.63) is 52.9 Å². The van der Waals surface area contributed by atoms with Crippen molar-refractivity contribution >= 4 is 17.6 Å². The Labute approximate surface area is 101 Å². The topological polar surface area (TPSA) is 50.2 Å². The van der Waals surface area contributed by atoms with Crippen molar-refractivity contribution in [3.8, 4) is 11.3 Å². The highest BCUT2D eigenvalue weighted by Crippen LogP contribution is 2.23. The van der Waals surface area contributed by atoms with E-state index in [2.05, 4.69) is 4.98 Å². The van der Waals surface area contributed by atoms with Crippen molar-refractivity contribution in [2.45, 2.75) is 0 Å². The van der Waals surface area contributed by atoms with E-state index in [0.717, 1.165) is 0 Å². The minimum Gasteiger partial charge on any atom is -0.476 e. The normalized spacial score (nSPS) is 10.2. The van der Waals surface area contributed by atoms with Gasteiger partial charge in [-0.25, -0.2) is 14.2 Å². The number of hydrogen-bond donors (Lipinski definition) is 1. The summed E-state index contributed by atoms with van der Waals surface area (Å²) in [5, 5.41) is 8.89. The highest BCUT2D eigenvalue weighted by Gasteiger charge is 2.13. The first-order valence-electron chi connectivity index (χ1n) is 4.74. The van der Waals surface area contributed by atoms with E-state index in [9.17, 15) is 9.18 Å². The number of aromatic nitrogens is 1. The second-order valence-electron chi connectivity index (χ2n) is 3.31. The van der Waals surface area contributed by atoms with Crippen LogP contribution in [0.5, 0.6) is 0 Å². The van der Waals surface area contributed by atoms with E-state index in [0.29, 0.717) is 0 Å². The number of pyridine rings is 1. The zero-order valence-corrected chi connectivity index (χ0v) is 9.28. The molecular formula is C12H7ClFNO2. The molecule has 2 aromatic rings. The van der Waals surface area contributed by atoms with E-state index in [1.54, 1.807) is 12.1 Å². The fourth-order valence-corrected chi connectivity index (χ4v) is 1.60. The molecule has 5 heteroatoms. The van der Waals surface area contributed by atoms with Crippen LogP contribution in [-0.4, -0.2) is 16.1 Å². The van der Waals surface area contributed by atoms with Crippen molar-refractivity contribution in [3.63, 3.8) is 0 Å². The highest BCUT2D eigenvalue weighted by atomic mass is 35.5. The maximum absolute atomic E-state index is 13.5. The van der Waals surface area contributed by atoms with Gasteiger partial charge in [-0.3, -0.25) is 0 Å². The number of nitrogens with zero attached hydrogens (tertiary/aromatic N) is 1. The smallest absolute Gasteiger partial charge is 0.356 e. The van der Waals surface area contributed by atoms with Gasteiger partial charge in [0.05, 0.1) is 10.7 Å². The van der Waals surface area contributed by atoms with E-state index >= 15 is 0 Å². The van der Waals surface area contributed by atoms with Crippen LogP contribution in [0.1, 0.15) is 10.5 Å². The molecule has 3 nitrogen and oxygen atoms in total. The van der Waals surface area contributed by atoms with Gasteiger partial charge in [-0.05, 0) is 24.3 Å². The van der Waals surface area contributed by atoms with Crippen molar-refractivity contribution in [2.24, 2.45) is 0 Å². The zero-order valence-electron chi connectivity index (χ0n) is 8.52. The van der Waals surface area contributed by atoms with E-state index in [-0.39, 0.29) is 22.0 Å². The number of carbonyl (C=O) groups is 1. The molecule has 86 valence electrons. The van der Waals surface area contributed by atoms with E-state index in [4.69, 9.17) is 16.7 Å². The molecule has 1 N–H and O–H groups in total. The summed E-state index contributed by atoms with van der Waals surface area (Å²) < 4.78 is 13.5. The van der Waals surface area contributed by atoms with Crippen LogP contribution in [0.4, 0.5) is 4.39 Å². The molecule has 0 aliphatic carbocycles. The van der Waals surface area contributed by atoms with Gasteiger partial charge in [-0.15, -0.1) is 0 Å². The van der Waals surface area contributed by atoms with Gasteiger partial charge in [0.15, 0.2) is 5.69 Å². The summed E-state index contributed by atoms with van der Waals surface area (Å²) in [6.07, 6.45) is 0. The summed E-state index contributed by atoms with van der Waals surface area (Å²) in [5.74, 6) is -1.70. The van der Waals surface area contributed by atoms with Crippen LogP contribution in [0.2, 0.25) is 5.02 Å². The lowest BCUT2D eigenvalue weighted by molar-refractivity contribution is 0.0691. The molecule has 0 saturated heterocycles. The third kappa shape index (κ3) is 2.26. The number of benzene rings is 1. The Morgan fingerprint density at radius 3 is 2.59 bits per heavy atom. The van der Waals surface area contributed by atoms with Crippen molar-refractivity contribution in [1.29, 1.82) is 0 Å². The zero-order chi connectivity index (χ0) is 12.4. The number of aromatic carboxylic acids is 1. The van der Waals surface area contributed by atoms with Crippen LogP contribution in [0.15, 0.2) is 36.4 Å². The summed E-state index contributed by atoms with van der Waals surface area (Å²) in [6, 6.07) is 8.87. The van der Waals surface area contributed by atoms with Gasteiger partial charge in [-0.2, -0.15) is 0 Å². The van der Waals surface area contributed by atoms with Gasteiger partial charge in [0.2, 0.25) is 0 Å². The summed E-state index contributed by atoms with van der Waals surface area (Å²) >= 11 is 5.68. The summed E-state index contributed by atoms with van der Waals surface area (Å²) in [7, 11) is 0. The van der Waals surface area contributed by atoms with Crippen LogP contribution < -0.4 is 0 Å². The SMILES string of the molecule is O=C(O)c1nc(-c2ccccc2F)ccc1Cl. The summed E-state index contributed by atoms with van der Waals surface area (Å²) in [5.41, 5.74) is 0.198.